The molecule has 2 atom stereocenters. The van der Waals surface area contributed by atoms with Gasteiger partial charge in [0.2, 0.25) is 5.78 Å². The molecule has 1 aromatic rings. The largest absolute Gasteiger partial charge is 0.376 e. The molecule has 0 bridgehead atoms. The van der Waals surface area contributed by atoms with Gasteiger partial charge in [0.05, 0.1) is 0 Å². The Hall–Kier alpha value is -1.72. The summed E-state index contributed by atoms with van der Waals surface area (Å²) >= 11 is 0. The number of benzene rings is 1. The van der Waals surface area contributed by atoms with Gasteiger partial charge in [-0.25, -0.2) is 0 Å². The van der Waals surface area contributed by atoms with E-state index in [1.165, 1.54) is 14.0 Å². The Bertz CT molecular complexity index is 453. The smallest absolute Gasteiger partial charge is 0.263 e. The van der Waals surface area contributed by atoms with E-state index in [2.05, 4.69) is 5.16 Å². The number of carbonyl (C=O) groups excluding carboxylic acids is 1. The van der Waals surface area contributed by atoms with Crippen LogP contribution in [0.5, 0.6) is 0 Å². The summed E-state index contributed by atoms with van der Waals surface area (Å²) in [7, 11) is 1.34. The third kappa shape index (κ3) is 1.94. The molecule has 0 aromatic heterocycles. The molecule has 0 aliphatic carbocycles. The highest BCUT2D eigenvalue weighted by atomic mass is 16.8. The molecule has 1 aromatic carbocycles. The van der Waals surface area contributed by atoms with Gasteiger partial charge >= 0.3 is 0 Å². The van der Waals surface area contributed by atoms with Crippen LogP contribution in [-0.2, 0) is 14.4 Å². The van der Waals surface area contributed by atoms with Crippen molar-refractivity contribution >= 4 is 11.5 Å². The summed E-state index contributed by atoms with van der Waals surface area (Å²) in [5.41, 5.74) is -1.03. The number of rotatable bonds is 2. The van der Waals surface area contributed by atoms with Crippen LogP contribution < -0.4 is 0 Å². The van der Waals surface area contributed by atoms with Crippen molar-refractivity contribution in [3.8, 4) is 0 Å². The lowest BCUT2D eigenvalue weighted by Gasteiger charge is -2.31. The monoisotopic (exact) mass is 235 g/mol. The summed E-state index contributed by atoms with van der Waals surface area (Å²) in [4.78, 5) is 17.1. The van der Waals surface area contributed by atoms with E-state index >= 15 is 0 Å². The van der Waals surface area contributed by atoms with Gasteiger partial charge in [0.15, 0.2) is 11.3 Å². The Kier molecular flexibility index (Phi) is 2.95. The fourth-order valence-electron chi connectivity index (χ4n) is 1.64. The Morgan fingerprint density at radius 3 is 2.65 bits per heavy atom. The van der Waals surface area contributed by atoms with Gasteiger partial charge in [-0.1, -0.05) is 35.5 Å². The lowest BCUT2D eigenvalue weighted by atomic mass is 9.92. The SMILES string of the molecule is CO[C@@H]1ON=C(c2ccccc2)C(=O)[C@@]1(C)O. The lowest BCUT2D eigenvalue weighted by Crippen LogP contribution is -2.54. The van der Waals surface area contributed by atoms with Crippen molar-refractivity contribution in [2.45, 2.75) is 18.8 Å². The highest BCUT2D eigenvalue weighted by Gasteiger charge is 2.47. The normalized spacial score (nSPS) is 28.5. The van der Waals surface area contributed by atoms with Gasteiger partial charge in [-0.3, -0.25) is 4.79 Å². The average molecular weight is 235 g/mol. The Balaban J connectivity index is 2.39. The maximum Gasteiger partial charge on any atom is 0.263 e. The van der Waals surface area contributed by atoms with Gasteiger partial charge in [0, 0.05) is 12.7 Å². The number of carbonyl (C=O) groups is 1. The molecule has 0 radical (unpaired) electrons. The minimum absolute atomic E-state index is 0.101. The summed E-state index contributed by atoms with van der Waals surface area (Å²) in [6.07, 6.45) is -1.08. The van der Waals surface area contributed by atoms with Crippen LogP contribution in [0.25, 0.3) is 0 Å². The molecule has 1 heterocycles. The molecule has 0 amide bonds. The van der Waals surface area contributed by atoms with Crippen molar-refractivity contribution in [2.24, 2.45) is 5.16 Å². The zero-order chi connectivity index (χ0) is 12.5. The van der Waals surface area contributed by atoms with Crippen LogP contribution in [0.3, 0.4) is 0 Å². The molecule has 1 aliphatic heterocycles. The predicted molar refractivity (Wildman–Crippen MR) is 60.5 cm³/mol. The molecular formula is C12H13NO4. The molecule has 0 saturated heterocycles. The van der Waals surface area contributed by atoms with E-state index < -0.39 is 17.7 Å². The van der Waals surface area contributed by atoms with Crippen LogP contribution in [0.1, 0.15) is 12.5 Å². The molecule has 0 unspecified atom stereocenters. The van der Waals surface area contributed by atoms with Crippen molar-refractivity contribution in [2.75, 3.05) is 7.11 Å². The molecule has 0 spiro atoms. The van der Waals surface area contributed by atoms with Crippen LogP contribution in [0.2, 0.25) is 0 Å². The summed E-state index contributed by atoms with van der Waals surface area (Å²) in [6, 6.07) is 8.84. The second kappa shape index (κ2) is 4.27. The summed E-state index contributed by atoms with van der Waals surface area (Å²) in [6.45, 7) is 1.35. The third-order valence-corrected chi connectivity index (χ3v) is 2.63. The highest BCUT2D eigenvalue weighted by Crippen LogP contribution is 2.23. The molecule has 2 rings (SSSR count). The summed E-state index contributed by atoms with van der Waals surface area (Å²) in [5, 5.41) is 13.8. The van der Waals surface area contributed by atoms with E-state index in [0.717, 1.165) is 0 Å². The number of oxime groups is 1. The summed E-state index contributed by atoms with van der Waals surface area (Å²) < 4.78 is 4.86. The van der Waals surface area contributed by atoms with Crippen LogP contribution in [-0.4, -0.2) is 35.6 Å². The van der Waals surface area contributed by atoms with E-state index in [4.69, 9.17) is 9.57 Å². The average Bonchev–Trinajstić information content (AvgIpc) is 2.33. The number of aliphatic hydroxyl groups is 1. The Morgan fingerprint density at radius 1 is 1.41 bits per heavy atom. The first kappa shape index (κ1) is 11.8. The van der Waals surface area contributed by atoms with Crippen LogP contribution in [0, 0.1) is 0 Å². The van der Waals surface area contributed by atoms with E-state index in [1.54, 1.807) is 24.3 Å². The minimum Gasteiger partial charge on any atom is -0.376 e. The molecule has 90 valence electrons. The van der Waals surface area contributed by atoms with Gasteiger partial charge in [-0.2, -0.15) is 0 Å². The Labute approximate surface area is 98.6 Å². The number of ketones is 1. The summed E-state index contributed by atoms with van der Waals surface area (Å²) in [5.74, 6) is -0.512. The van der Waals surface area contributed by atoms with Crippen LogP contribution in [0.15, 0.2) is 35.5 Å². The fourth-order valence-corrected chi connectivity index (χ4v) is 1.64. The van der Waals surface area contributed by atoms with E-state index in [0.29, 0.717) is 5.56 Å². The predicted octanol–water partition coefficient (Wildman–Crippen LogP) is 0.714. The molecular weight excluding hydrogens is 222 g/mol. The second-order valence-electron chi connectivity index (χ2n) is 3.96. The fraction of sp³-hybridized carbons (Fsp3) is 0.333. The highest BCUT2D eigenvalue weighted by molar-refractivity contribution is 6.48. The van der Waals surface area contributed by atoms with Crippen molar-refractivity contribution in [3.63, 3.8) is 0 Å². The maximum absolute atomic E-state index is 12.1. The van der Waals surface area contributed by atoms with Crippen molar-refractivity contribution in [1.29, 1.82) is 0 Å². The van der Waals surface area contributed by atoms with Crippen LogP contribution >= 0.6 is 0 Å². The molecule has 0 saturated carbocycles. The maximum atomic E-state index is 12.1. The van der Waals surface area contributed by atoms with Gasteiger partial charge in [-0.15, -0.1) is 0 Å². The standard InChI is InChI=1S/C12H13NO4/c1-12(15)10(14)9(13-17-11(12)16-2)8-6-4-3-5-7-8/h3-7,11,15H,1-2H3/t11-,12-/m1/s1. The zero-order valence-corrected chi connectivity index (χ0v) is 9.58. The molecule has 17 heavy (non-hydrogen) atoms. The first-order valence-corrected chi connectivity index (χ1v) is 5.16. The second-order valence-corrected chi connectivity index (χ2v) is 3.96. The van der Waals surface area contributed by atoms with E-state index in [9.17, 15) is 9.90 Å². The zero-order valence-electron chi connectivity index (χ0n) is 9.58. The van der Waals surface area contributed by atoms with Crippen molar-refractivity contribution < 1.29 is 19.5 Å². The number of methoxy groups -OCH3 is 1. The van der Waals surface area contributed by atoms with Crippen molar-refractivity contribution in [3.05, 3.63) is 35.9 Å². The van der Waals surface area contributed by atoms with Gasteiger partial charge in [0.25, 0.3) is 6.29 Å². The van der Waals surface area contributed by atoms with E-state index in [-0.39, 0.29) is 5.71 Å². The molecule has 0 fully saturated rings. The third-order valence-electron chi connectivity index (χ3n) is 2.63. The molecule has 1 aliphatic rings. The van der Waals surface area contributed by atoms with Crippen molar-refractivity contribution in [1.82, 2.24) is 0 Å². The number of hydrogen-bond donors (Lipinski definition) is 1. The lowest BCUT2D eigenvalue weighted by molar-refractivity contribution is -0.220. The molecule has 1 N–H and O–H groups in total. The number of ether oxygens (including phenoxy) is 1. The molecule has 5 nitrogen and oxygen atoms in total. The van der Waals surface area contributed by atoms with Gasteiger partial charge < -0.3 is 14.7 Å². The molecule has 5 heteroatoms. The van der Waals surface area contributed by atoms with E-state index in [1.807, 2.05) is 6.07 Å². The van der Waals surface area contributed by atoms with Gasteiger partial charge in [-0.05, 0) is 6.92 Å². The first-order chi connectivity index (χ1) is 8.07. The quantitative estimate of drug-likeness (QED) is 0.819. The Morgan fingerprint density at radius 2 is 2.06 bits per heavy atom. The number of hydrogen-bond acceptors (Lipinski definition) is 5. The number of Topliss-reactive ketones (excluding diaryl/α,β-unsaturated/α-hetero) is 1. The first-order valence-electron chi connectivity index (χ1n) is 5.16. The minimum atomic E-state index is -1.73. The van der Waals surface area contributed by atoms with Gasteiger partial charge in [0.1, 0.15) is 0 Å². The topological polar surface area (TPSA) is 68.1 Å². The number of nitrogens with zero attached hydrogens (tertiary/aromatic N) is 1. The van der Waals surface area contributed by atoms with Crippen LogP contribution in [0.4, 0.5) is 0 Å².